The highest BCUT2D eigenvalue weighted by molar-refractivity contribution is 7.12. The first-order chi connectivity index (χ1) is 12.7. The van der Waals surface area contributed by atoms with Gasteiger partial charge in [-0.05, 0) is 45.1 Å². The summed E-state index contributed by atoms with van der Waals surface area (Å²) in [5, 5.41) is 6.55. The van der Waals surface area contributed by atoms with E-state index >= 15 is 0 Å². The molecule has 2 rings (SSSR count). The largest absolute Gasteiger partial charge is 0.455 e. The highest BCUT2D eigenvalue weighted by Crippen LogP contribution is 2.21. The van der Waals surface area contributed by atoms with E-state index in [4.69, 9.17) is 4.74 Å². The molecule has 0 bridgehead atoms. The van der Waals surface area contributed by atoms with Gasteiger partial charge in [-0.15, -0.1) is 11.3 Å². The Morgan fingerprint density at radius 3 is 2.44 bits per heavy atom. The van der Waals surface area contributed by atoms with Crippen molar-refractivity contribution in [1.29, 1.82) is 0 Å². The van der Waals surface area contributed by atoms with Gasteiger partial charge in [-0.25, -0.2) is 4.79 Å². The van der Waals surface area contributed by atoms with Crippen LogP contribution in [0.15, 0.2) is 17.5 Å². The molecule has 0 aromatic carbocycles. The van der Waals surface area contributed by atoms with E-state index in [2.05, 4.69) is 10.6 Å². The summed E-state index contributed by atoms with van der Waals surface area (Å²) >= 11 is 1.39. The molecule has 0 aliphatic carbocycles. The predicted molar refractivity (Wildman–Crippen MR) is 100 cm³/mol. The first-order valence-corrected chi connectivity index (χ1v) is 9.65. The number of urea groups is 1. The van der Waals surface area contributed by atoms with Gasteiger partial charge in [0.25, 0.3) is 11.8 Å². The van der Waals surface area contributed by atoms with Gasteiger partial charge in [0.1, 0.15) is 0 Å². The summed E-state index contributed by atoms with van der Waals surface area (Å²) in [6, 6.07) is 2.97. The summed E-state index contributed by atoms with van der Waals surface area (Å²) in [6.45, 7) is 5.78. The van der Waals surface area contributed by atoms with Gasteiger partial charge in [-0.1, -0.05) is 6.07 Å². The number of piperidine rings is 1. The van der Waals surface area contributed by atoms with Gasteiger partial charge in [0.2, 0.25) is 0 Å². The van der Waals surface area contributed by atoms with Crippen molar-refractivity contribution in [3.63, 3.8) is 0 Å². The first-order valence-electron chi connectivity index (χ1n) is 8.77. The molecule has 1 aliphatic heterocycles. The highest BCUT2D eigenvalue weighted by Gasteiger charge is 2.29. The van der Waals surface area contributed by atoms with Crippen LogP contribution in [0.25, 0.3) is 0 Å². The van der Waals surface area contributed by atoms with Gasteiger partial charge in [-0.2, -0.15) is 0 Å². The number of nitrogens with one attached hydrogen (secondary N) is 2. The maximum atomic E-state index is 12.3. The molecular formula is C18H25N3O5S. The lowest BCUT2D eigenvalue weighted by atomic mass is 9.97. The molecule has 2 N–H and O–H groups in total. The molecule has 148 valence electrons. The molecule has 0 radical (unpaired) electrons. The van der Waals surface area contributed by atoms with Gasteiger partial charge < -0.3 is 15.0 Å². The van der Waals surface area contributed by atoms with Crippen molar-refractivity contribution in [3.05, 3.63) is 22.4 Å². The quantitative estimate of drug-likeness (QED) is 0.756. The Kier molecular flexibility index (Phi) is 6.95. The van der Waals surface area contributed by atoms with E-state index in [1.807, 2.05) is 11.4 Å². The van der Waals surface area contributed by atoms with Crippen molar-refractivity contribution < 1.29 is 23.9 Å². The Bertz CT molecular complexity index is 688. The lowest BCUT2D eigenvalue weighted by Gasteiger charge is -2.30. The summed E-state index contributed by atoms with van der Waals surface area (Å²) < 4.78 is 5.01. The number of amides is 4. The third kappa shape index (κ3) is 6.67. The Hall–Kier alpha value is -2.42. The monoisotopic (exact) mass is 395 g/mol. The number of carbonyl (C=O) groups is 4. The van der Waals surface area contributed by atoms with Crippen LogP contribution in [0.1, 0.15) is 43.3 Å². The summed E-state index contributed by atoms with van der Waals surface area (Å²) in [6.07, 6.45) is 0.976. The number of hydrogen-bond donors (Lipinski definition) is 2. The molecule has 1 fully saturated rings. The Morgan fingerprint density at radius 1 is 1.22 bits per heavy atom. The van der Waals surface area contributed by atoms with Crippen LogP contribution < -0.4 is 10.6 Å². The van der Waals surface area contributed by atoms with Gasteiger partial charge >= 0.3 is 12.0 Å². The van der Waals surface area contributed by atoms with Crippen molar-refractivity contribution in [2.75, 3.05) is 19.7 Å². The van der Waals surface area contributed by atoms with Crippen LogP contribution in [0.4, 0.5) is 4.79 Å². The van der Waals surface area contributed by atoms with Gasteiger partial charge in [-0.3, -0.25) is 19.7 Å². The number of imide groups is 1. The third-order valence-corrected chi connectivity index (χ3v) is 4.79. The number of esters is 1. The first kappa shape index (κ1) is 20.9. The van der Waals surface area contributed by atoms with Crippen molar-refractivity contribution in [2.45, 2.75) is 39.2 Å². The number of rotatable bonds is 4. The SMILES string of the molecule is CC(C)(C)NC(=O)NC(=O)COC(=O)C1CCN(C(=O)c2cccs2)CC1. The fourth-order valence-electron chi connectivity index (χ4n) is 2.66. The maximum absolute atomic E-state index is 12.3. The molecular weight excluding hydrogens is 370 g/mol. The Labute approximate surface area is 162 Å². The molecule has 2 heterocycles. The van der Waals surface area contributed by atoms with E-state index in [9.17, 15) is 19.2 Å². The molecule has 27 heavy (non-hydrogen) atoms. The van der Waals surface area contributed by atoms with Crippen LogP contribution in [0, 0.1) is 5.92 Å². The van der Waals surface area contributed by atoms with Crippen LogP contribution in [0.5, 0.6) is 0 Å². The Balaban J connectivity index is 1.71. The van der Waals surface area contributed by atoms with Crippen molar-refractivity contribution in [1.82, 2.24) is 15.5 Å². The van der Waals surface area contributed by atoms with Crippen molar-refractivity contribution in [2.24, 2.45) is 5.92 Å². The molecule has 0 saturated carbocycles. The summed E-state index contributed by atoms with van der Waals surface area (Å²) in [5.41, 5.74) is -0.477. The van der Waals surface area contributed by atoms with E-state index in [0.29, 0.717) is 30.8 Å². The van der Waals surface area contributed by atoms with Gasteiger partial charge in [0, 0.05) is 18.6 Å². The van der Waals surface area contributed by atoms with E-state index in [0.717, 1.165) is 0 Å². The van der Waals surface area contributed by atoms with Gasteiger partial charge in [0.15, 0.2) is 6.61 Å². The lowest BCUT2D eigenvalue weighted by Crippen LogP contribution is -2.49. The number of hydrogen-bond acceptors (Lipinski definition) is 6. The second-order valence-corrected chi connectivity index (χ2v) is 8.35. The fourth-order valence-corrected chi connectivity index (χ4v) is 3.35. The lowest BCUT2D eigenvalue weighted by molar-refractivity contribution is -0.153. The predicted octanol–water partition coefficient (Wildman–Crippen LogP) is 1.77. The number of ether oxygens (including phenoxy) is 1. The second-order valence-electron chi connectivity index (χ2n) is 7.40. The normalized spacial score (nSPS) is 15.1. The second kappa shape index (κ2) is 8.98. The molecule has 0 unspecified atom stereocenters. The molecule has 4 amide bonds. The smallest absolute Gasteiger partial charge is 0.321 e. The molecule has 0 atom stereocenters. The summed E-state index contributed by atoms with van der Waals surface area (Å²) in [7, 11) is 0. The maximum Gasteiger partial charge on any atom is 0.321 e. The molecule has 8 nitrogen and oxygen atoms in total. The minimum atomic E-state index is -0.685. The highest BCUT2D eigenvalue weighted by atomic mass is 32.1. The molecule has 0 spiro atoms. The standard InChI is InChI=1S/C18H25N3O5S/c1-18(2,3)20-17(25)19-14(22)11-26-16(24)12-6-8-21(9-7-12)15(23)13-5-4-10-27-13/h4-5,10,12H,6-9,11H2,1-3H3,(H2,19,20,22,25). The van der Waals surface area contributed by atoms with Gasteiger partial charge in [0.05, 0.1) is 10.8 Å². The molecule has 1 saturated heterocycles. The van der Waals surface area contributed by atoms with Crippen LogP contribution in [0.3, 0.4) is 0 Å². The summed E-state index contributed by atoms with van der Waals surface area (Å²) in [4.78, 5) is 50.1. The molecule has 1 aromatic heterocycles. The van der Waals surface area contributed by atoms with Crippen molar-refractivity contribution >= 4 is 35.2 Å². The minimum Gasteiger partial charge on any atom is -0.455 e. The average Bonchev–Trinajstić information content (AvgIpc) is 3.12. The molecule has 1 aliphatic rings. The molecule has 9 heteroatoms. The van der Waals surface area contributed by atoms with Crippen LogP contribution in [-0.2, 0) is 14.3 Å². The number of carbonyl (C=O) groups excluding carboxylic acids is 4. The topological polar surface area (TPSA) is 105 Å². The van der Waals surface area contributed by atoms with E-state index in [1.54, 1.807) is 31.7 Å². The third-order valence-electron chi connectivity index (χ3n) is 3.93. The Morgan fingerprint density at radius 2 is 1.89 bits per heavy atom. The van der Waals surface area contributed by atoms with E-state index < -0.39 is 30.1 Å². The minimum absolute atomic E-state index is 0.0268. The number of likely N-dealkylation sites (tertiary alicyclic amines) is 1. The van der Waals surface area contributed by atoms with Crippen LogP contribution in [0.2, 0.25) is 0 Å². The van der Waals surface area contributed by atoms with Crippen LogP contribution >= 0.6 is 11.3 Å². The average molecular weight is 395 g/mol. The summed E-state index contributed by atoms with van der Waals surface area (Å²) in [5.74, 6) is -1.55. The number of nitrogens with zero attached hydrogens (tertiary/aromatic N) is 1. The van der Waals surface area contributed by atoms with Crippen molar-refractivity contribution in [3.8, 4) is 0 Å². The molecule has 1 aromatic rings. The zero-order valence-electron chi connectivity index (χ0n) is 15.7. The van der Waals surface area contributed by atoms with E-state index in [1.165, 1.54) is 11.3 Å². The van der Waals surface area contributed by atoms with E-state index in [-0.39, 0.29) is 11.8 Å². The zero-order chi connectivity index (χ0) is 20.0. The van der Waals surface area contributed by atoms with Crippen LogP contribution in [-0.4, -0.2) is 54.0 Å². The fraction of sp³-hybridized carbons (Fsp3) is 0.556. The number of thiophene rings is 1. The zero-order valence-corrected chi connectivity index (χ0v) is 16.6.